The molecule has 78 valence electrons. The number of benzene rings is 1. The lowest BCUT2D eigenvalue weighted by atomic mass is 10.2. The van der Waals surface area contributed by atoms with E-state index in [0.717, 1.165) is 21.5 Å². The Balaban J connectivity index is 2.46. The van der Waals surface area contributed by atoms with E-state index in [-0.39, 0.29) is 6.61 Å². The molecule has 0 saturated carbocycles. The Kier molecular flexibility index (Phi) is 3.08. The number of rotatable bonds is 3. The molecule has 0 aliphatic carbocycles. The molecular formula is C11H12N2OS. The van der Waals surface area contributed by atoms with Gasteiger partial charge in [-0.3, -0.25) is 4.98 Å². The normalized spacial score (nSPS) is 10.7. The van der Waals surface area contributed by atoms with Crippen LogP contribution in [0.15, 0.2) is 35.4 Å². The number of nitrogens with zero attached hydrogens (tertiary/aromatic N) is 1. The molecule has 0 atom stereocenters. The predicted octanol–water partition coefficient (Wildman–Crippen LogP) is 1.90. The average Bonchev–Trinajstić information content (AvgIpc) is 2.25. The van der Waals surface area contributed by atoms with Gasteiger partial charge in [-0.2, -0.15) is 0 Å². The zero-order valence-corrected chi connectivity index (χ0v) is 9.00. The molecule has 0 amide bonds. The maximum absolute atomic E-state index is 8.79. The number of aliphatic hydroxyl groups excluding tert-OH is 1. The van der Waals surface area contributed by atoms with Gasteiger partial charge < -0.3 is 10.8 Å². The number of pyridine rings is 1. The molecule has 0 unspecified atom stereocenters. The molecule has 0 saturated heterocycles. The Morgan fingerprint density at radius 3 is 3.00 bits per heavy atom. The molecule has 3 nitrogen and oxygen atoms in total. The number of aromatic nitrogens is 1. The van der Waals surface area contributed by atoms with Crippen LogP contribution in [-0.2, 0) is 0 Å². The predicted molar refractivity (Wildman–Crippen MR) is 64.0 cm³/mol. The highest BCUT2D eigenvalue weighted by molar-refractivity contribution is 7.99. The zero-order chi connectivity index (χ0) is 10.7. The summed E-state index contributed by atoms with van der Waals surface area (Å²) in [5, 5.41) is 9.88. The highest BCUT2D eigenvalue weighted by atomic mass is 32.2. The van der Waals surface area contributed by atoms with E-state index in [2.05, 4.69) is 4.98 Å². The minimum absolute atomic E-state index is 0.184. The number of thioether (sulfide) groups is 1. The van der Waals surface area contributed by atoms with E-state index in [9.17, 15) is 0 Å². The summed E-state index contributed by atoms with van der Waals surface area (Å²) in [6.07, 6.45) is 1.77. The molecule has 15 heavy (non-hydrogen) atoms. The summed E-state index contributed by atoms with van der Waals surface area (Å²) in [4.78, 5) is 5.39. The van der Waals surface area contributed by atoms with Crippen molar-refractivity contribution in [2.75, 3.05) is 18.1 Å². The van der Waals surface area contributed by atoms with Crippen LogP contribution in [0.4, 0.5) is 5.69 Å². The van der Waals surface area contributed by atoms with Gasteiger partial charge in [0.05, 0.1) is 12.1 Å². The van der Waals surface area contributed by atoms with E-state index in [1.807, 2.05) is 24.3 Å². The van der Waals surface area contributed by atoms with Gasteiger partial charge in [0.15, 0.2) is 0 Å². The molecule has 0 spiro atoms. The van der Waals surface area contributed by atoms with Gasteiger partial charge in [0.2, 0.25) is 0 Å². The Morgan fingerprint density at radius 2 is 2.20 bits per heavy atom. The molecule has 1 aromatic heterocycles. The number of nitrogen functional groups attached to an aromatic ring is 1. The number of nitrogens with two attached hydrogens (primary N) is 1. The van der Waals surface area contributed by atoms with Crippen molar-refractivity contribution in [1.29, 1.82) is 0 Å². The molecule has 0 fully saturated rings. The summed E-state index contributed by atoms with van der Waals surface area (Å²) >= 11 is 1.62. The second kappa shape index (κ2) is 4.51. The van der Waals surface area contributed by atoms with Crippen molar-refractivity contribution < 1.29 is 5.11 Å². The molecule has 0 aliphatic heterocycles. The van der Waals surface area contributed by atoms with Crippen LogP contribution in [-0.4, -0.2) is 22.5 Å². The smallest absolute Gasteiger partial charge is 0.0733 e. The SMILES string of the molecule is Nc1ccc2c(SCCO)ccnc2c1. The number of hydrogen-bond donors (Lipinski definition) is 2. The van der Waals surface area contributed by atoms with Gasteiger partial charge in [-0.25, -0.2) is 0 Å². The first-order chi connectivity index (χ1) is 7.31. The average molecular weight is 220 g/mol. The third-order valence-electron chi connectivity index (χ3n) is 2.08. The minimum Gasteiger partial charge on any atom is -0.399 e. The largest absolute Gasteiger partial charge is 0.399 e. The molecule has 4 heteroatoms. The van der Waals surface area contributed by atoms with Crippen molar-refractivity contribution in [3.63, 3.8) is 0 Å². The van der Waals surface area contributed by atoms with Crippen LogP contribution >= 0.6 is 11.8 Å². The maximum Gasteiger partial charge on any atom is 0.0733 e. The van der Waals surface area contributed by atoms with Crippen molar-refractivity contribution in [3.05, 3.63) is 30.5 Å². The van der Waals surface area contributed by atoms with Gasteiger partial charge in [0, 0.05) is 27.9 Å². The summed E-state index contributed by atoms with van der Waals surface area (Å²) in [6, 6.07) is 7.65. The molecule has 0 radical (unpaired) electrons. The van der Waals surface area contributed by atoms with Crippen molar-refractivity contribution in [1.82, 2.24) is 4.98 Å². The van der Waals surface area contributed by atoms with Crippen LogP contribution in [0.3, 0.4) is 0 Å². The van der Waals surface area contributed by atoms with E-state index < -0.39 is 0 Å². The molecule has 0 aliphatic rings. The van der Waals surface area contributed by atoms with E-state index in [0.29, 0.717) is 5.75 Å². The zero-order valence-electron chi connectivity index (χ0n) is 8.18. The third-order valence-corrected chi connectivity index (χ3v) is 3.13. The third kappa shape index (κ3) is 2.22. The van der Waals surface area contributed by atoms with Gasteiger partial charge in [-0.1, -0.05) is 0 Å². The molecular weight excluding hydrogens is 208 g/mol. The fraction of sp³-hybridized carbons (Fsp3) is 0.182. The van der Waals surface area contributed by atoms with Gasteiger partial charge >= 0.3 is 0 Å². The summed E-state index contributed by atoms with van der Waals surface area (Å²) in [7, 11) is 0. The monoisotopic (exact) mass is 220 g/mol. The second-order valence-electron chi connectivity index (χ2n) is 3.16. The highest BCUT2D eigenvalue weighted by Crippen LogP contribution is 2.27. The number of fused-ring (bicyclic) bond motifs is 1. The van der Waals surface area contributed by atoms with Crippen LogP contribution < -0.4 is 5.73 Å². The van der Waals surface area contributed by atoms with E-state index >= 15 is 0 Å². The summed E-state index contributed by atoms with van der Waals surface area (Å²) < 4.78 is 0. The standard InChI is InChI=1S/C11H12N2OS/c12-8-1-2-9-10(7-8)13-4-3-11(9)15-6-5-14/h1-4,7,14H,5-6,12H2. The summed E-state index contributed by atoms with van der Waals surface area (Å²) in [6.45, 7) is 0.184. The molecule has 1 heterocycles. The van der Waals surface area contributed by atoms with Crippen molar-refractivity contribution in [2.45, 2.75) is 4.90 Å². The quantitative estimate of drug-likeness (QED) is 0.612. The topological polar surface area (TPSA) is 59.1 Å². The van der Waals surface area contributed by atoms with Crippen molar-refractivity contribution in [3.8, 4) is 0 Å². The van der Waals surface area contributed by atoms with Crippen LogP contribution in [0, 0.1) is 0 Å². The Labute approximate surface area is 92.3 Å². The first-order valence-corrected chi connectivity index (χ1v) is 5.68. The lowest BCUT2D eigenvalue weighted by molar-refractivity contribution is 0.322. The van der Waals surface area contributed by atoms with Gasteiger partial charge in [0.25, 0.3) is 0 Å². The first-order valence-electron chi connectivity index (χ1n) is 4.69. The van der Waals surface area contributed by atoms with Gasteiger partial charge in [-0.15, -0.1) is 11.8 Å². The Bertz CT molecular complexity index is 473. The van der Waals surface area contributed by atoms with Crippen LogP contribution in [0.1, 0.15) is 0 Å². The Hall–Kier alpha value is -1.26. The van der Waals surface area contributed by atoms with Crippen molar-refractivity contribution >= 4 is 28.4 Å². The molecule has 1 aromatic carbocycles. The number of aliphatic hydroxyl groups is 1. The molecule has 0 bridgehead atoms. The lowest BCUT2D eigenvalue weighted by Gasteiger charge is -2.05. The lowest BCUT2D eigenvalue weighted by Crippen LogP contribution is -1.89. The molecule has 3 N–H and O–H groups in total. The maximum atomic E-state index is 8.79. The second-order valence-corrected chi connectivity index (χ2v) is 4.29. The summed E-state index contributed by atoms with van der Waals surface area (Å²) in [5.74, 6) is 0.698. The molecule has 2 aromatic rings. The van der Waals surface area contributed by atoms with Crippen LogP contribution in [0.25, 0.3) is 10.9 Å². The van der Waals surface area contributed by atoms with Crippen molar-refractivity contribution in [2.24, 2.45) is 0 Å². The van der Waals surface area contributed by atoms with Crippen LogP contribution in [0.2, 0.25) is 0 Å². The van der Waals surface area contributed by atoms with Gasteiger partial charge in [0.1, 0.15) is 0 Å². The fourth-order valence-corrected chi connectivity index (χ4v) is 2.22. The number of hydrogen-bond acceptors (Lipinski definition) is 4. The first kappa shape index (κ1) is 10.3. The van der Waals surface area contributed by atoms with E-state index in [4.69, 9.17) is 10.8 Å². The van der Waals surface area contributed by atoms with E-state index in [1.165, 1.54) is 0 Å². The fourth-order valence-electron chi connectivity index (χ4n) is 1.42. The number of anilines is 1. The minimum atomic E-state index is 0.184. The van der Waals surface area contributed by atoms with Crippen LogP contribution in [0.5, 0.6) is 0 Å². The Morgan fingerprint density at radius 1 is 1.33 bits per heavy atom. The highest BCUT2D eigenvalue weighted by Gasteiger charge is 2.02. The van der Waals surface area contributed by atoms with E-state index in [1.54, 1.807) is 18.0 Å². The summed E-state index contributed by atoms with van der Waals surface area (Å²) in [5.41, 5.74) is 7.31. The molecule has 2 rings (SSSR count). The van der Waals surface area contributed by atoms with Gasteiger partial charge in [-0.05, 0) is 24.3 Å².